The molecule has 0 spiro atoms. The SMILES string of the molecule is COc1ccc2c(C(N)=O)nn(NC3CC4CCC3CC4)c2c1. The predicted octanol–water partition coefficient (Wildman–Crippen LogP) is 2.27. The first-order valence-corrected chi connectivity index (χ1v) is 8.29. The molecular formula is C17H22N4O2. The summed E-state index contributed by atoms with van der Waals surface area (Å²) in [5.41, 5.74) is 10.1. The molecule has 3 N–H and O–H groups in total. The molecule has 0 aliphatic heterocycles. The van der Waals surface area contributed by atoms with E-state index in [0.29, 0.717) is 17.7 Å². The molecule has 1 amide bonds. The third-order valence-electron chi connectivity index (χ3n) is 5.46. The Hall–Kier alpha value is -2.24. The normalized spacial score (nSPS) is 26.4. The van der Waals surface area contributed by atoms with Gasteiger partial charge in [0.25, 0.3) is 5.91 Å². The summed E-state index contributed by atoms with van der Waals surface area (Å²) in [7, 11) is 1.63. The second kappa shape index (κ2) is 5.44. The number of hydrogen-bond donors (Lipinski definition) is 2. The first-order chi connectivity index (χ1) is 11.2. The molecule has 1 atom stereocenters. The van der Waals surface area contributed by atoms with Crippen molar-refractivity contribution in [3.05, 3.63) is 23.9 Å². The number of carbonyl (C=O) groups is 1. The summed E-state index contributed by atoms with van der Waals surface area (Å²) in [6, 6.07) is 5.97. The molecule has 6 heteroatoms. The average Bonchev–Trinajstić information content (AvgIpc) is 2.94. The summed E-state index contributed by atoms with van der Waals surface area (Å²) in [4.78, 5) is 13.4. The van der Waals surface area contributed by atoms with E-state index in [1.165, 1.54) is 32.1 Å². The molecule has 3 aliphatic carbocycles. The fraction of sp³-hybridized carbons (Fsp3) is 0.529. The Kier molecular flexibility index (Phi) is 3.39. The zero-order valence-corrected chi connectivity index (χ0v) is 13.3. The molecule has 1 heterocycles. The van der Waals surface area contributed by atoms with Gasteiger partial charge in [0.1, 0.15) is 5.75 Å². The van der Waals surface area contributed by atoms with Crippen LogP contribution in [0.1, 0.15) is 42.6 Å². The van der Waals surface area contributed by atoms with Crippen LogP contribution in [0.4, 0.5) is 0 Å². The van der Waals surface area contributed by atoms with Crippen LogP contribution in [0.25, 0.3) is 10.9 Å². The van der Waals surface area contributed by atoms with E-state index >= 15 is 0 Å². The number of benzene rings is 1. The van der Waals surface area contributed by atoms with Crippen molar-refractivity contribution < 1.29 is 9.53 Å². The maximum absolute atomic E-state index is 11.7. The fourth-order valence-electron chi connectivity index (χ4n) is 4.20. The number of nitrogens with two attached hydrogens (primary N) is 1. The Labute approximate surface area is 134 Å². The van der Waals surface area contributed by atoms with Gasteiger partial charge in [0.05, 0.1) is 12.6 Å². The van der Waals surface area contributed by atoms with Crippen molar-refractivity contribution in [3.8, 4) is 5.75 Å². The highest BCUT2D eigenvalue weighted by molar-refractivity contribution is 6.04. The molecule has 1 aromatic carbocycles. The zero-order valence-electron chi connectivity index (χ0n) is 13.3. The van der Waals surface area contributed by atoms with E-state index in [1.54, 1.807) is 11.9 Å². The van der Waals surface area contributed by atoms with Crippen LogP contribution in [0.2, 0.25) is 0 Å². The van der Waals surface area contributed by atoms with Gasteiger partial charge in [0.15, 0.2) is 5.69 Å². The summed E-state index contributed by atoms with van der Waals surface area (Å²) in [6.07, 6.45) is 6.45. The van der Waals surface area contributed by atoms with Gasteiger partial charge >= 0.3 is 0 Å². The number of hydrogen-bond acceptors (Lipinski definition) is 4. The van der Waals surface area contributed by atoms with Crippen LogP contribution in [0.15, 0.2) is 18.2 Å². The number of rotatable bonds is 4. The van der Waals surface area contributed by atoms with Crippen LogP contribution >= 0.6 is 0 Å². The highest BCUT2D eigenvalue weighted by atomic mass is 16.5. The molecule has 3 aliphatic rings. The van der Waals surface area contributed by atoms with Crippen molar-refractivity contribution in [1.29, 1.82) is 0 Å². The van der Waals surface area contributed by atoms with E-state index in [1.807, 2.05) is 18.2 Å². The van der Waals surface area contributed by atoms with Crippen molar-refractivity contribution in [2.24, 2.45) is 17.6 Å². The molecule has 6 nitrogen and oxygen atoms in total. The standard InChI is InChI=1S/C17H22N4O2/c1-23-12-6-7-13-15(9-12)21(20-16(13)17(18)22)19-14-8-10-2-4-11(14)5-3-10/h6-7,9-11,14,19H,2-5,8H2,1H3,(H2,18,22). The van der Waals surface area contributed by atoms with E-state index in [0.717, 1.165) is 22.6 Å². The molecule has 5 rings (SSSR count). The van der Waals surface area contributed by atoms with Crippen molar-refractivity contribution in [3.63, 3.8) is 0 Å². The number of carbonyl (C=O) groups excluding carboxylic acids is 1. The van der Waals surface area contributed by atoms with Crippen LogP contribution in [0.3, 0.4) is 0 Å². The molecule has 0 saturated heterocycles. The van der Waals surface area contributed by atoms with Crippen molar-refractivity contribution in [1.82, 2.24) is 9.89 Å². The molecule has 122 valence electrons. The minimum atomic E-state index is -0.508. The summed E-state index contributed by atoms with van der Waals surface area (Å²) in [6.45, 7) is 0. The Balaban J connectivity index is 1.72. The van der Waals surface area contributed by atoms with Crippen LogP contribution in [0, 0.1) is 11.8 Å². The molecule has 1 aromatic heterocycles. The highest BCUT2D eigenvalue weighted by Crippen LogP contribution is 2.41. The molecular weight excluding hydrogens is 292 g/mol. The van der Waals surface area contributed by atoms with Gasteiger partial charge in [-0.25, -0.2) is 0 Å². The summed E-state index contributed by atoms with van der Waals surface area (Å²) < 4.78 is 5.30. The number of nitrogens with one attached hydrogen (secondary N) is 1. The monoisotopic (exact) mass is 314 g/mol. The molecule has 0 radical (unpaired) electrons. The number of primary amides is 1. The minimum Gasteiger partial charge on any atom is -0.497 e. The van der Waals surface area contributed by atoms with Gasteiger partial charge in [-0.3, -0.25) is 4.79 Å². The lowest BCUT2D eigenvalue weighted by molar-refractivity contribution is 0.0996. The molecule has 3 saturated carbocycles. The van der Waals surface area contributed by atoms with Gasteiger partial charge in [0, 0.05) is 17.5 Å². The van der Waals surface area contributed by atoms with Crippen molar-refractivity contribution in [2.75, 3.05) is 12.5 Å². The Bertz CT molecular complexity index is 746. The van der Waals surface area contributed by atoms with Gasteiger partial charge in [-0.05, 0) is 43.2 Å². The van der Waals surface area contributed by atoms with Crippen LogP contribution in [0.5, 0.6) is 5.75 Å². The maximum atomic E-state index is 11.7. The largest absolute Gasteiger partial charge is 0.497 e. The first kappa shape index (κ1) is 14.4. The minimum absolute atomic E-state index is 0.302. The van der Waals surface area contributed by atoms with E-state index in [4.69, 9.17) is 10.5 Å². The smallest absolute Gasteiger partial charge is 0.269 e. The maximum Gasteiger partial charge on any atom is 0.269 e. The van der Waals surface area contributed by atoms with Crippen molar-refractivity contribution >= 4 is 16.8 Å². The lowest BCUT2D eigenvalue weighted by Gasteiger charge is -2.42. The van der Waals surface area contributed by atoms with Crippen LogP contribution in [-0.4, -0.2) is 28.9 Å². The second-order valence-corrected chi connectivity index (χ2v) is 6.76. The van der Waals surface area contributed by atoms with E-state index < -0.39 is 5.91 Å². The number of amides is 1. The number of ether oxygens (including phenoxy) is 1. The lowest BCUT2D eigenvalue weighted by Crippen LogP contribution is -2.43. The molecule has 3 fully saturated rings. The Morgan fingerprint density at radius 2 is 2.13 bits per heavy atom. The quantitative estimate of drug-likeness (QED) is 0.907. The number of aromatic nitrogens is 2. The van der Waals surface area contributed by atoms with Gasteiger partial charge in [-0.2, -0.15) is 4.79 Å². The molecule has 2 aromatic rings. The Morgan fingerprint density at radius 3 is 2.74 bits per heavy atom. The third-order valence-corrected chi connectivity index (χ3v) is 5.46. The van der Waals surface area contributed by atoms with Gasteiger partial charge in [-0.15, -0.1) is 5.10 Å². The fourth-order valence-corrected chi connectivity index (χ4v) is 4.20. The van der Waals surface area contributed by atoms with Gasteiger partial charge < -0.3 is 15.9 Å². The van der Waals surface area contributed by atoms with Crippen LogP contribution < -0.4 is 15.9 Å². The van der Waals surface area contributed by atoms with E-state index in [9.17, 15) is 4.79 Å². The third kappa shape index (κ3) is 2.42. The second-order valence-electron chi connectivity index (χ2n) is 6.76. The summed E-state index contributed by atoms with van der Waals surface area (Å²) in [5, 5.41) is 5.17. The zero-order chi connectivity index (χ0) is 16.0. The van der Waals surface area contributed by atoms with E-state index in [-0.39, 0.29) is 0 Å². The summed E-state index contributed by atoms with van der Waals surface area (Å²) in [5.74, 6) is 1.75. The molecule has 2 bridgehead atoms. The first-order valence-electron chi connectivity index (χ1n) is 8.29. The van der Waals surface area contributed by atoms with Crippen molar-refractivity contribution in [2.45, 2.75) is 38.1 Å². The number of fused-ring (bicyclic) bond motifs is 4. The van der Waals surface area contributed by atoms with E-state index in [2.05, 4.69) is 10.5 Å². The number of methoxy groups -OCH3 is 1. The number of nitrogens with zero attached hydrogens (tertiary/aromatic N) is 2. The van der Waals surface area contributed by atoms with Crippen LogP contribution in [-0.2, 0) is 0 Å². The molecule has 23 heavy (non-hydrogen) atoms. The highest BCUT2D eigenvalue weighted by Gasteiger charge is 2.36. The predicted molar refractivity (Wildman–Crippen MR) is 88.0 cm³/mol. The van der Waals surface area contributed by atoms with Gasteiger partial charge in [0.2, 0.25) is 0 Å². The lowest BCUT2D eigenvalue weighted by atomic mass is 9.68. The van der Waals surface area contributed by atoms with Gasteiger partial charge in [-0.1, -0.05) is 12.8 Å². The topological polar surface area (TPSA) is 82.2 Å². The summed E-state index contributed by atoms with van der Waals surface area (Å²) >= 11 is 0. The average molecular weight is 314 g/mol. The Morgan fingerprint density at radius 1 is 1.35 bits per heavy atom. The molecule has 1 unspecified atom stereocenters.